The molecule has 2 heteroatoms. The molecule has 0 radical (unpaired) electrons. The molecule has 0 bridgehead atoms. The highest BCUT2D eigenvalue weighted by molar-refractivity contribution is 5.18. The second-order valence-electron chi connectivity index (χ2n) is 4.11. The minimum Gasteiger partial charge on any atom is -0.207 e. The van der Waals surface area contributed by atoms with E-state index in [-0.39, 0.29) is 11.6 Å². The van der Waals surface area contributed by atoms with Crippen molar-refractivity contribution in [2.24, 2.45) is 0 Å². The minimum atomic E-state index is -0.202. The predicted octanol–water partition coefficient (Wildman–Crippen LogP) is 4.14. The average molecular weight is 232 g/mol. The molecule has 0 saturated heterocycles. The van der Waals surface area contributed by atoms with Crippen molar-refractivity contribution in [2.45, 2.75) is 19.3 Å². The Morgan fingerprint density at radius 2 is 0.941 bits per heavy atom. The van der Waals surface area contributed by atoms with E-state index in [0.717, 1.165) is 30.4 Å². The van der Waals surface area contributed by atoms with Crippen LogP contribution in [-0.2, 0) is 12.8 Å². The molecule has 88 valence electrons. The highest BCUT2D eigenvalue weighted by Gasteiger charge is 1.97. The molecule has 0 unspecified atom stereocenters. The Labute approximate surface area is 99.9 Å². The second-order valence-corrected chi connectivity index (χ2v) is 4.11. The summed E-state index contributed by atoms with van der Waals surface area (Å²) in [6, 6.07) is 13.1. The molecule has 0 aliphatic heterocycles. The Morgan fingerprint density at radius 3 is 1.29 bits per heavy atom. The number of hydrogen-bond acceptors (Lipinski definition) is 0. The van der Waals surface area contributed by atoms with Gasteiger partial charge in [-0.2, -0.15) is 0 Å². The van der Waals surface area contributed by atoms with E-state index in [4.69, 9.17) is 0 Å². The predicted molar refractivity (Wildman–Crippen MR) is 64.8 cm³/mol. The van der Waals surface area contributed by atoms with Crippen molar-refractivity contribution in [3.63, 3.8) is 0 Å². The molecule has 0 N–H and O–H groups in total. The van der Waals surface area contributed by atoms with Crippen molar-refractivity contribution >= 4 is 0 Å². The average Bonchev–Trinajstić information content (AvgIpc) is 2.34. The summed E-state index contributed by atoms with van der Waals surface area (Å²) in [4.78, 5) is 0. The van der Waals surface area contributed by atoms with Crippen LogP contribution in [0.2, 0.25) is 0 Å². The zero-order chi connectivity index (χ0) is 12.1. The quantitative estimate of drug-likeness (QED) is 0.743. The number of rotatable bonds is 4. The van der Waals surface area contributed by atoms with Gasteiger partial charge < -0.3 is 0 Å². The molecule has 0 aliphatic rings. The fraction of sp³-hybridized carbons (Fsp3) is 0.200. The van der Waals surface area contributed by atoms with Crippen molar-refractivity contribution in [2.75, 3.05) is 0 Å². The molecule has 0 amide bonds. The molecule has 0 spiro atoms. The van der Waals surface area contributed by atoms with Crippen molar-refractivity contribution < 1.29 is 8.78 Å². The Kier molecular flexibility index (Phi) is 3.86. The van der Waals surface area contributed by atoms with E-state index in [0.29, 0.717) is 0 Å². The first-order chi connectivity index (χ1) is 8.24. The van der Waals surface area contributed by atoms with Crippen molar-refractivity contribution in [3.05, 3.63) is 71.3 Å². The fourth-order valence-electron chi connectivity index (χ4n) is 1.80. The van der Waals surface area contributed by atoms with Crippen LogP contribution in [-0.4, -0.2) is 0 Å². The van der Waals surface area contributed by atoms with Crippen LogP contribution >= 0.6 is 0 Å². The Balaban J connectivity index is 1.83. The smallest absolute Gasteiger partial charge is 0.123 e. The maximum absolute atomic E-state index is 12.7. The van der Waals surface area contributed by atoms with Gasteiger partial charge in [-0.05, 0) is 54.7 Å². The monoisotopic (exact) mass is 232 g/mol. The summed E-state index contributed by atoms with van der Waals surface area (Å²) < 4.78 is 25.4. The van der Waals surface area contributed by atoms with Gasteiger partial charge in [0, 0.05) is 0 Å². The second kappa shape index (κ2) is 5.58. The van der Waals surface area contributed by atoms with Gasteiger partial charge in [-0.3, -0.25) is 0 Å². The molecule has 0 saturated carbocycles. The first-order valence-electron chi connectivity index (χ1n) is 5.73. The molecule has 0 atom stereocenters. The zero-order valence-electron chi connectivity index (χ0n) is 9.50. The fourth-order valence-corrected chi connectivity index (χ4v) is 1.80. The summed E-state index contributed by atoms with van der Waals surface area (Å²) in [5.41, 5.74) is 2.27. The van der Waals surface area contributed by atoms with Crippen LogP contribution in [0.25, 0.3) is 0 Å². The molecule has 0 fully saturated rings. The van der Waals surface area contributed by atoms with Gasteiger partial charge in [0.05, 0.1) is 0 Å². The highest BCUT2D eigenvalue weighted by Crippen LogP contribution is 2.10. The molecular formula is C15H14F2. The van der Waals surface area contributed by atoms with Crippen molar-refractivity contribution in [1.82, 2.24) is 0 Å². The van der Waals surface area contributed by atoms with E-state index in [1.807, 2.05) is 0 Å². The van der Waals surface area contributed by atoms with Crippen LogP contribution < -0.4 is 0 Å². The molecule has 2 rings (SSSR count). The van der Waals surface area contributed by atoms with E-state index in [2.05, 4.69) is 0 Å². The Hall–Kier alpha value is -1.70. The topological polar surface area (TPSA) is 0 Å². The van der Waals surface area contributed by atoms with E-state index in [1.165, 1.54) is 24.3 Å². The number of benzene rings is 2. The van der Waals surface area contributed by atoms with E-state index in [9.17, 15) is 8.78 Å². The molecular weight excluding hydrogens is 218 g/mol. The SMILES string of the molecule is Fc1ccc(CCCc2ccc(F)cc2)cc1. The third-order valence-electron chi connectivity index (χ3n) is 2.76. The van der Waals surface area contributed by atoms with Gasteiger partial charge in [0.15, 0.2) is 0 Å². The molecule has 2 aromatic rings. The summed E-state index contributed by atoms with van der Waals surface area (Å²) in [5, 5.41) is 0. The lowest BCUT2D eigenvalue weighted by Gasteiger charge is -2.02. The molecule has 0 aromatic heterocycles. The molecule has 17 heavy (non-hydrogen) atoms. The Morgan fingerprint density at radius 1 is 0.588 bits per heavy atom. The van der Waals surface area contributed by atoms with Crippen LogP contribution in [0.1, 0.15) is 17.5 Å². The standard InChI is InChI=1S/C15H14F2/c16-14-8-4-12(5-9-14)2-1-3-13-6-10-15(17)11-7-13/h4-11H,1-3H2. The third kappa shape index (κ3) is 3.66. The van der Waals surface area contributed by atoms with Crippen LogP contribution in [0.5, 0.6) is 0 Å². The lowest BCUT2D eigenvalue weighted by atomic mass is 10.0. The normalized spacial score (nSPS) is 10.5. The van der Waals surface area contributed by atoms with E-state index >= 15 is 0 Å². The zero-order valence-corrected chi connectivity index (χ0v) is 9.50. The summed E-state index contributed by atoms with van der Waals surface area (Å²) in [7, 11) is 0. The Bertz CT molecular complexity index is 412. The third-order valence-corrected chi connectivity index (χ3v) is 2.76. The van der Waals surface area contributed by atoms with Gasteiger partial charge in [-0.15, -0.1) is 0 Å². The summed E-state index contributed by atoms with van der Waals surface area (Å²) >= 11 is 0. The maximum Gasteiger partial charge on any atom is 0.123 e. The van der Waals surface area contributed by atoms with Gasteiger partial charge in [0.25, 0.3) is 0 Å². The largest absolute Gasteiger partial charge is 0.207 e. The first kappa shape index (κ1) is 11.8. The number of halogens is 2. The summed E-state index contributed by atoms with van der Waals surface area (Å²) in [6.45, 7) is 0. The van der Waals surface area contributed by atoms with E-state index in [1.54, 1.807) is 24.3 Å². The molecule has 0 heterocycles. The summed E-state index contributed by atoms with van der Waals surface area (Å²) in [5.74, 6) is -0.403. The van der Waals surface area contributed by atoms with Crippen molar-refractivity contribution in [3.8, 4) is 0 Å². The van der Waals surface area contributed by atoms with Crippen molar-refractivity contribution in [1.29, 1.82) is 0 Å². The lowest BCUT2D eigenvalue weighted by molar-refractivity contribution is 0.626. The van der Waals surface area contributed by atoms with Crippen LogP contribution in [0.4, 0.5) is 8.78 Å². The van der Waals surface area contributed by atoms with Gasteiger partial charge in [-0.1, -0.05) is 24.3 Å². The van der Waals surface area contributed by atoms with Crippen LogP contribution in [0.3, 0.4) is 0 Å². The number of hydrogen-bond donors (Lipinski definition) is 0. The molecule has 2 aromatic carbocycles. The number of aryl methyl sites for hydroxylation is 2. The van der Waals surface area contributed by atoms with Gasteiger partial charge in [0.1, 0.15) is 11.6 Å². The molecule has 0 nitrogen and oxygen atoms in total. The van der Waals surface area contributed by atoms with E-state index < -0.39 is 0 Å². The van der Waals surface area contributed by atoms with Gasteiger partial charge in [-0.25, -0.2) is 8.78 Å². The summed E-state index contributed by atoms with van der Waals surface area (Å²) in [6.07, 6.45) is 2.81. The molecule has 0 aliphatic carbocycles. The van der Waals surface area contributed by atoms with Gasteiger partial charge in [0.2, 0.25) is 0 Å². The maximum atomic E-state index is 12.7. The van der Waals surface area contributed by atoms with Gasteiger partial charge >= 0.3 is 0 Å². The van der Waals surface area contributed by atoms with Crippen LogP contribution in [0.15, 0.2) is 48.5 Å². The first-order valence-corrected chi connectivity index (χ1v) is 5.73. The lowest BCUT2D eigenvalue weighted by Crippen LogP contribution is -1.90. The minimum absolute atomic E-state index is 0.202. The highest BCUT2D eigenvalue weighted by atomic mass is 19.1. The van der Waals surface area contributed by atoms with Crippen LogP contribution in [0, 0.1) is 11.6 Å².